The lowest BCUT2D eigenvalue weighted by Crippen LogP contribution is -2.51. The highest BCUT2D eigenvalue weighted by Crippen LogP contribution is 2.29. The van der Waals surface area contributed by atoms with Crippen LogP contribution in [0.4, 0.5) is 5.69 Å². The molecule has 0 spiro atoms. The average molecular weight is 334 g/mol. The van der Waals surface area contributed by atoms with E-state index in [1.54, 1.807) is 0 Å². The molecular weight excluding hydrogens is 317 g/mol. The minimum atomic E-state index is -0.572. The summed E-state index contributed by atoms with van der Waals surface area (Å²) in [6, 6.07) is 3.86. The number of hydrogen-bond donors (Lipinski definition) is 2. The molecule has 0 saturated heterocycles. The second-order valence-electron chi connectivity index (χ2n) is 5.10. The Hall–Kier alpha value is -1.37. The molecule has 0 aliphatic heterocycles. The fraction of sp³-hybridized carbons (Fsp3) is 0.462. The van der Waals surface area contributed by atoms with Crippen LogP contribution < -0.4 is 11.1 Å². The molecule has 21 heavy (non-hydrogen) atoms. The van der Waals surface area contributed by atoms with Crippen LogP contribution in [-0.4, -0.2) is 22.9 Å². The number of rotatable bonds is 4. The lowest BCUT2D eigenvalue weighted by atomic mass is 9.97. The molecule has 116 valence electrons. The molecule has 1 saturated carbocycles. The Kier molecular flexibility index (Phi) is 5.95. The zero-order chi connectivity index (χ0) is 14.8. The zero-order valence-electron chi connectivity index (χ0n) is 11.3. The third kappa shape index (κ3) is 4.06. The van der Waals surface area contributed by atoms with Gasteiger partial charge in [0.05, 0.1) is 10.5 Å². The third-order valence-electron chi connectivity index (χ3n) is 3.69. The highest BCUT2D eigenvalue weighted by Gasteiger charge is 2.34. The normalized spacial score (nSPS) is 16.1. The fourth-order valence-electron chi connectivity index (χ4n) is 2.56. The molecule has 1 aliphatic rings. The van der Waals surface area contributed by atoms with E-state index >= 15 is 0 Å². The maximum atomic E-state index is 12.2. The van der Waals surface area contributed by atoms with Crippen molar-refractivity contribution < 1.29 is 9.72 Å². The monoisotopic (exact) mass is 333 g/mol. The van der Waals surface area contributed by atoms with Crippen LogP contribution >= 0.6 is 24.0 Å². The molecule has 0 heterocycles. The van der Waals surface area contributed by atoms with E-state index in [4.69, 9.17) is 17.3 Å². The molecule has 6 nitrogen and oxygen atoms in total. The van der Waals surface area contributed by atoms with Gasteiger partial charge >= 0.3 is 0 Å². The van der Waals surface area contributed by atoms with Crippen LogP contribution in [0.15, 0.2) is 18.2 Å². The predicted octanol–water partition coefficient (Wildman–Crippen LogP) is 2.67. The molecule has 0 radical (unpaired) electrons. The largest absolute Gasteiger partial charge is 0.345 e. The highest BCUT2D eigenvalue weighted by molar-refractivity contribution is 6.31. The number of hydrogen-bond acceptors (Lipinski definition) is 4. The number of nitro benzene ring substituents is 1. The van der Waals surface area contributed by atoms with Gasteiger partial charge in [-0.2, -0.15) is 0 Å². The summed E-state index contributed by atoms with van der Waals surface area (Å²) < 4.78 is 0. The Labute approximate surface area is 133 Å². The van der Waals surface area contributed by atoms with Crippen LogP contribution in [0.5, 0.6) is 0 Å². The van der Waals surface area contributed by atoms with E-state index < -0.39 is 10.5 Å². The van der Waals surface area contributed by atoms with Crippen molar-refractivity contribution in [2.24, 2.45) is 5.73 Å². The van der Waals surface area contributed by atoms with Crippen molar-refractivity contribution in [3.8, 4) is 0 Å². The molecule has 1 aromatic rings. The van der Waals surface area contributed by atoms with Gasteiger partial charge < -0.3 is 11.1 Å². The van der Waals surface area contributed by atoms with E-state index in [9.17, 15) is 14.9 Å². The molecule has 8 heteroatoms. The van der Waals surface area contributed by atoms with Crippen LogP contribution in [0.2, 0.25) is 5.02 Å². The summed E-state index contributed by atoms with van der Waals surface area (Å²) in [5.41, 5.74) is 5.35. The number of carbonyl (C=O) groups excluding carboxylic acids is 1. The summed E-state index contributed by atoms with van der Waals surface area (Å²) >= 11 is 5.81. The van der Waals surface area contributed by atoms with Gasteiger partial charge in [0.15, 0.2) is 0 Å². The van der Waals surface area contributed by atoms with Crippen LogP contribution in [-0.2, 0) is 0 Å². The van der Waals surface area contributed by atoms with Gasteiger partial charge in [0.1, 0.15) is 0 Å². The van der Waals surface area contributed by atoms with E-state index in [1.165, 1.54) is 18.2 Å². The Morgan fingerprint density at radius 3 is 2.52 bits per heavy atom. The number of non-ortho nitro benzene ring substituents is 1. The van der Waals surface area contributed by atoms with Gasteiger partial charge in [-0.25, -0.2) is 0 Å². The standard InChI is InChI=1S/C13H16ClN3O3.ClH/c14-10-5-9(6-11(7-10)17(19)20)12(18)16-13(8-15)3-1-2-4-13;/h5-7H,1-4,8,15H2,(H,16,18);1H. The molecule has 2 rings (SSSR count). The molecule has 1 fully saturated rings. The number of nitro groups is 1. The van der Waals surface area contributed by atoms with Crippen molar-refractivity contribution >= 4 is 35.6 Å². The Balaban J connectivity index is 0.00000220. The molecular formula is C13H17Cl2N3O3. The summed E-state index contributed by atoms with van der Waals surface area (Å²) in [7, 11) is 0. The van der Waals surface area contributed by atoms with Crippen molar-refractivity contribution in [2.45, 2.75) is 31.2 Å². The topological polar surface area (TPSA) is 98.3 Å². The zero-order valence-corrected chi connectivity index (χ0v) is 12.9. The van der Waals surface area contributed by atoms with Gasteiger partial charge in [0, 0.05) is 29.3 Å². The van der Waals surface area contributed by atoms with Crippen LogP contribution in [0.25, 0.3) is 0 Å². The molecule has 3 N–H and O–H groups in total. The first kappa shape index (κ1) is 17.7. The van der Waals surface area contributed by atoms with Gasteiger partial charge in [-0.05, 0) is 18.9 Å². The first-order valence-corrected chi connectivity index (χ1v) is 6.81. The number of nitrogens with one attached hydrogen (secondary N) is 1. The maximum Gasteiger partial charge on any atom is 0.271 e. The first-order valence-electron chi connectivity index (χ1n) is 6.43. The fourth-order valence-corrected chi connectivity index (χ4v) is 2.78. The summed E-state index contributed by atoms with van der Waals surface area (Å²) in [5, 5.41) is 13.9. The van der Waals surface area contributed by atoms with Gasteiger partial charge in [-0.1, -0.05) is 24.4 Å². The smallest absolute Gasteiger partial charge is 0.271 e. The van der Waals surface area contributed by atoms with E-state index in [0.717, 1.165) is 25.7 Å². The molecule has 0 aromatic heterocycles. The summed E-state index contributed by atoms with van der Waals surface area (Å²) in [4.78, 5) is 22.5. The molecule has 1 aliphatic carbocycles. The minimum absolute atomic E-state index is 0. The predicted molar refractivity (Wildman–Crippen MR) is 83.1 cm³/mol. The molecule has 1 aromatic carbocycles. The van der Waals surface area contributed by atoms with Crippen LogP contribution in [0.3, 0.4) is 0 Å². The minimum Gasteiger partial charge on any atom is -0.345 e. The summed E-state index contributed by atoms with van der Waals surface area (Å²) in [5.74, 6) is -0.372. The second kappa shape index (κ2) is 7.06. The number of nitrogens with two attached hydrogens (primary N) is 1. The Bertz CT molecular complexity index is 545. The third-order valence-corrected chi connectivity index (χ3v) is 3.90. The van der Waals surface area contributed by atoms with E-state index in [2.05, 4.69) is 5.32 Å². The molecule has 0 atom stereocenters. The van der Waals surface area contributed by atoms with E-state index in [1.807, 2.05) is 0 Å². The van der Waals surface area contributed by atoms with Crippen molar-refractivity contribution in [3.63, 3.8) is 0 Å². The lowest BCUT2D eigenvalue weighted by molar-refractivity contribution is -0.384. The van der Waals surface area contributed by atoms with Crippen molar-refractivity contribution in [1.29, 1.82) is 0 Å². The lowest BCUT2D eigenvalue weighted by Gasteiger charge is -2.28. The van der Waals surface area contributed by atoms with Gasteiger partial charge in [0.2, 0.25) is 0 Å². The van der Waals surface area contributed by atoms with Crippen molar-refractivity contribution in [2.75, 3.05) is 6.54 Å². The van der Waals surface area contributed by atoms with Gasteiger partial charge in [-0.15, -0.1) is 12.4 Å². The number of nitrogens with zero attached hydrogens (tertiary/aromatic N) is 1. The SMILES string of the molecule is Cl.NCC1(NC(=O)c2cc(Cl)cc([N+](=O)[O-])c2)CCCC1. The Morgan fingerprint density at radius 1 is 1.38 bits per heavy atom. The van der Waals surface area contributed by atoms with Gasteiger partial charge in [-0.3, -0.25) is 14.9 Å². The van der Waals surface area contributed by atoms with Crippen LogP contribution in [0.1, 0.15) is 36.0 Å². The number of carbonyl (C=O) groups is 1. The van der Waals surface area contributed by atoms with Crippen molar-refractivity contribution in [3.05, 3.63) is 38.9 Å². The molecule has 1 amide bonds. The quantitative estimate of drug-likeness (QED) is 0.653. The summed E-state index contributed by atoms with van der Waals surface area (Å²) in [6.07, 6.45) is 3.70. The maximum absolute atomic E-state index is 12.2. The number of halogens is 2. The van der Waals surface area contributed by atoms with E-state index in [0.29, 0.717) is 6.54 Å². The van der Waals surface area contributed by atoms with E-state index in [-0.39, 0.29) is 34.6 Å². The molecule has 0 unspecified atom stereocenters. The van der Waals surface area contributed by atoms with Crippen molar-refractivity contribution in [1.82, 2.24) is 5.32 Å². The van der Waals surface area contributed by atoms with Crippen LogP contribution in [0, 0.1) is 10.1 Å². The first-order chi connectivity index (χ1) is 9.46. The van der Waals surface area contributed by atoms with Gasteiger partial charge in [0.25, 0.3) is 11.6 Å². The number of amides is 1. The second-order valence-corrected chi connectivity index (χ2v) is 5.54. The molecule has 0 bridgehead atoms. The average Bonchev–Trinajstić information content (AvgIpc) is 2.87. The summed E-state index contributed by atoms with van der Waals surface area (Å²) in [6.45, 7) is 0.362. The number of benzene rings is 1. The highest BCUT2D eigenvalue weighted by atomic mass is 35.5. The Morgan fingerprint density at radius 2 is 2.00 bits per heavy atom.